The number of aromatic nitrogens is 4. The van der Waals surface area contributed by atoms with Gasteiger partial charge in [0, 0.05) is 23.7 Å². The van der Waals surface area contributed by atoms with E-state index < -0.39 is 0 Å². The lowest BCUT2D eigenvalue weighted by atomic mass is 10.2. The summed E-state index contributed by atoms with van der Waals surface area (Å²) in [4.78, 5) is 13.4. The minimum atomic E-state index is -0.329. The van der Waals surface area contributed by atoms with E-state index in [1.165, 1.54) is 16.4 Å². The Hall–Kier alpha value is -3.72. The number of thioether (sulfide) groups is 1. The van der Waals surface area contributed by atoms with Crippen LogP contribution in [0.15, 0.2) is 83.0 Å². The molecule has 32 heavy (non-hydrogen) atoms. The first-order valence-corrected chi connectivity index (χ1v) is 11.1. The van der Waals surface area contributed by atoms with Gasteiger partial charge in [-0.15, -0.1) is 10.2 Å². The Morgan fingerprint density at radius 3 is 2.44 bits per heavy atom. The number of methoxy groups -OCH3 is 1. The van der Waals surface area contributed by atoms with Crippen LogP contribution in [0.5, 0.6) is 11.5 Å². The topological polar surface area (TPSA) is 83.2 Å². The molecule has 4 rings (SSSR count). The minimum Gasteiger partial charge on any atom is -0.496 e. The third kappa shape index (κ3) is 4.62. The van der Waals surface area contributed by atoms with Crippen molar-refractivity contribution < 1.29 is 9.47 Å². The van der Waals surface area contributed by atoms with Gasteiger partial charge >= 0.3 is 5.56 Å². The van der Waals surface area contributed by atoms with Crippen molar-refractivity contribution in [2.75, 3.05) is 19.0 Å². The zero-order valence-electron chi connectivity index (χ0n) is 17.8. The minimum absolute atomic E-state index is 0.104. The molecule has 4 aromatic rings. The SMILES string of the molecule is CCOc1ccccc1Nc1nnc(SCc2ccccc2OC)n(-n2cccc2)c1=O. The first-order chi connectivity index (χ1) is 15.7. The second-order valence-corrected chi connectivity index (χ2v) is 7.61. The number of nitrogens with zero attached hydrogens (tertiary/aromatic N) is 4. The van der Waals surface area contributed by atoms with Crippen LogP contribution in [0.4, 0.5) is 11.5 Å². The van der Waals surface area contributed by atoms with E-state index in [0.29, 0.717) is 29.0 Å². The largest absolute Gasteiger partial charge is 0.496 e. The van der Waals surface area contributed by atoms with E-state index in [1.807, 2.05) is 67.6 Å². The van der Waals surface area contributed by atoms with Crippen LogP contribution in [0.2, 0.25) is 0 Å². The number of anilines is 2. The summed E-state index contributed by atoms with van der Waals surface area (Å²) in [6.45, 7) is 2.42. The summed E-state index contributed by atoms with van der Waals surface area (Å²) < 4.78 is 14.2. The fourth-order valence-electron chi connectivity index (χ4n) is 3.14. The monoisotopic (exact) mass is 449 g/mol. The summed E-state index contributed by atoms with van der Waals surface area (Å²) in [5, 5.41) is 12.1. The van der Waals surface area contributed by atoms with Gasteiger partial charge in [0.2, 0.25) is 11.0 Å². The van der Waals surface area contributed by atoms with Crippen molar-refractivity contribution in [3.63, 3.8) is 0 Å². The molecule has 164 valence electrons. The van der Waals surface area contributed by atoms with Crippen LogP contribution in [0.25, 0.3) is 0 Å². The number of para-hydroxylation sites is 3. The maximum Gasteiger partial charge on any atom is 0.316 e. The molecule has 0 saturated heterocycles. The number of rotatable bonds is 9. The molecule has 2 heterocycles. The summed E-state index contributed by atoms with van der Waals surface area (Å²) in [7, 11) is 1.64. The number of ether oxygens (including phenoxy) is 2. The predicted molar refractivity (Wildman–Crippen MR) is 125 cm³/mol. The molecule has 8 nitrogen and oxygen atoms in total. The van der Waals surface area contributed by atoms with E-state index in [1.54, 1.807) is 24.2 Å². The van der Waals surface area contributed by atoms with Crippen molar-refractivity contribution >= 4 is 23.3 Å². The first kappa shape index (κ1) is 21.5. The van der Waals surface area contributed by atoms with Crippen molar-refractivity contribution in [1.29, 1.82) is 0 Å². The Bertz CT molecular complexity index is 1240. The molecule has 0 amide bonds. The summed E-state index contributed by atoms with van der Waals surface area (Å²) in [5.74, 6) is 2.10. The Labute approximate surface area is 189 Å². The maximum atomic E-state index is 13.4. The van der Waals surface area contributed by atoms with E-state index in [9.17, 15) is 4.79 Å². The van der Waals surface area contributed by atoms with Gasteiger partial charge in [0.1, 0.15) is 11.5 Å². The van der Waals surface area contributed by atoms with E-state index in [0.717, 1.165) is 11.3 Å². The molecule has 2 aromatic heterocycles. The Morgan fingerprint density at radius 1 is 0.969 bits per heavy atom. The second-order valence-electron chi connectivity index (χ2n) is 6.67. The smallest absolute Gasteiger partial charge is 0.316 e. The zero-order chi connectivity index (χ0) is 22.3. The number of nitrogens with one attached hydrogen (secondary N) is 1. The molecule has 0 atom stereocenters. The van der Waals surface area contributed by atoms with Crippen molar-refractivity contribution in [2.45, 2.75) is 17.8 Å². The number of hydrogen-bond donors (Lipinski definition) is 1. The quantitative estimate of drug-likeness (QED) is 0.384. The molecule has 0 saturated carbocycles. The Balaban J connectivity index is 1.69. The fourth-order valence-corrected chi connectivity index (χ4v) is 4.06. The third-order valence-corrected chi connectivity index (χ3v) is 5.59. The van der Waals surface area contributed by atoms with E-state index in [-0.39, 0.29) is 11.4 Å². The third-order valence-electron chi connectivity index (χ3n) is 4.62. The molecule has 1 N–H and O–H groups in total. The van der Waals surface area contributed by atoms with Gasteiger partial charge in [-0.1, -0.05) is 42.1 Å². The van der Waals surface area contributed by atoms with Crippen molar-refractivity contribution in [3.8, 4) is 11.5 Å². The van der Waals surface area contributed by atoms with Gasteiger partial charge < -0.3 is 14.8 Å². The standard InChI is InChI=1S/C23H23N5O3S/c1-3-31-20-13-7-5-11-18(20)24-21-22(29)28(27-14-8-9-15-27)23(26-25-21)32-16-17-10-4-6-12-19(17)30-2/h4-15H,3,16H2,1-2H3,(H,24,25). The van der Waals surface area contributed by atoms with E-state index in [2.05, 4.69) is 15.5 Å². The molecule has 0 aliphatic carbocycles. The van der Waals surface area contributed by atoms with Gasteiger partial charge in [0.25, 0.3) is 0 Å². The van der Waals surface area contributed by atoms with E-state index >= 15 is 0 Å². The highest BCUT2D eigenvalue weighted by Gasteiger charge is 2.16. The average Bonchev–Trinajstić information content (AvgIpc) is 3.35. The van der Waals surface area contributed by atoms with Crippen molar-refractivity contribution in [1.82, 2.24) is 19.5 Å². The molecule has 0 aliphatic heterocycles. The van der Waals surface area contributed by atoms with Gasteiger partial charge in [0.15, 0.2) is 0 Å². The summed E-state index contributed by atoms with van der Waals surface area (Å²) in [6, 6.07) is 18.9. The lowest BCUT2D eigenvalue weighted by molar-refractivity contribution is 0.342. The molecular weight excluding hydrogens is 426 g/mol. The Morgan fingerprint density at radius 2 is 1.69 bits per heavy atom. The predicted octanol–water partition coefficient (Wildman–Crippen LogP) is 4.19. The number of benzene rings is 2. The number of hydrogen-bond acceptors (Lipinski definition) is 7. The van der Waals surface area contributed by atoms with Crippen LogP contribution < -0.4 is 20.3 Å². The maximum absolute atomic E-state index is 13.4. The molecule has 0 spiro atoms. The summed E-state index contributed by atoms with van der Waals surface area (Å²) >= 11 is 1.40. The van der Waals surface area contributed by atoms with Gasteiger partial charge in [0.05, 0.1) is 19.4 Å². The van der Waals surface area contributed by atoms with E-state index in [4.69, 9.17) is 9.47 Å². The molecule has 9 heteroatoms. The van der Waals surface area contributed by atoms with Crippen molar-refractivity contribution in [3.05, 3.63) is 89.0 Å². The molecule has 0 radical (unpaired) electrons. The normalized spacial score (nSPS) is 10.7. The molecule has 0 fully saturated rings. The molecule has 0 aliphatic rings. The molecular formula is C23H23N5O3S. The van der Waals surface area contributed by atoms with Crippen molar-refractivity contribution in [2.24, 2.45) is 0 Å². The fraction of sp³-hybridized carbons (Fsp3) is 0.174. The second kappa shape index (κ2) is 10.1. The molecule has 0 bridgehead atoms. The van der Waals surface area contributed by atoms with Gasteiger partial charge in [-0.05, 0) is 37.3 Å². The van der Waals surface area contributed by atoms with Crippen LogP contribution in [-0.2, 0) is 5.75 Å². The first-order valence-electron chi connectivity index (χ1n) is 10.1. The highest BCUT2D eigenvalue weighted by molar-refractivity contribution is 7.98. The highest BCUT2D eigenvalue weighted by Crippen LogP contribution is 2.28. The van der Waals surface area contributed by atoms with Gasteiger partial charge in [-0.3, -0.25) is 9.47 Å². The molecule has 2 aromatic carbocycles. The average molecular weight is 450 g/mol. The molecule has 0 unspecified atom stereocenters. The van der Waals surface area contributed by atoms with Crippen LogP contribution in [0, 0.1) is 0 Å². The highest BCUT2D eigenvalue weighted by atomic mass is 32.2. The summed E-state index contributed by atoms with van der Waals surface area (Å²) in [6.07, 6.45) is 3.57. The Kier molecular flexibility index (Phi) is 6.76. The van der Waals surface area contributed by atoms with Gasteiger partial charge in [-0.25, -0.2) is 0 Å². The lowest BCUT2D eigenvalue weighted by Crippen LogP contribution is -2.30. The summed E-state index contributed by atoms with van der Waals surface area (Å²) in [5.41, 5.74) is 1.32. The van der Waals surface area contributed by atoms with Crippen LogP contribution in [0.3, 0.4) is 0 Å². The zero-order valence-corrected chi connectivity index (χ0v) is 18.6. The van der Waals surface area contributed by atoms with Crippen LogP contribution >= 0.6 is 11.8 Å². The van der Waals surface area contributed by atoms with Crippen LogP contribution in [0.1, 0.15) is 12.5 Å². The van der Waals surface area contributed by atoms with Crippen LogP contribution in [-0.4, -0.2) is 33.3 Å². The van der Waals surface area contributed by atoms with Gasteiger partial charge in [-0.2, -0.15) is 4.68 Å². The lowest BCUT2D eigenvalue weighted by Gasteiger charge is -2.15.